The molecule has 0 atom stereocenters. The number of nitrogens with zero attached hydrogens (tertiary/aromatic N) is 3. The Balaban J connectivity index is 1.46. The molecule has 3 aromatic carbocycles. The van der Waals surface area contributed by atoms with Crippen molar-refractivity contribution in [2.75, 3.05) is 6.54 Å². The highest BCUT2D eigenvalue weighted by molar-refractivity contribution is 5.98. The molecule has 0 aliphatic carbocycles. The zero-order chi connectivity index (χ0) is 24.6. The number of aromatic amines is 2. The van der Waals surface area contributed by atoms with Crippen LogP contribution in [0.25, 0.3) is 55.7 Å². The van der Waals surface area contributed by atoms with Gasteiger partial charge in [-0.3, -0.25) is 10.1 Å². The van der Waals surface area contributed by atoms with Crippen LogP contribution in [-0.2, 0) is 6.54 Å². The van der Waals surface area contributed by atoms with Crippen LogP contribution in [0.3, 0.4) is 0 Å². The lowest BCUT2D eigenvalue weighted by atomic mass is 9.98. The van der Waals surface area contributed by atoms with E-state index in [1.807, 2.05) is 12.4 Å². The lowest BCUT2D eigenvalue weighted by Gasteiger charge is -2.11. The molecule has 0 unspecified atom stereocenters. The molecule has 178 valence electrons. The summed E-state index contributed by atoms with van der Waals surface area (Å²) in [7, 11) is 0. The number of nitrogens with one attached hydrogen (secondary N) is 3. The van der Waals surface area contributed by atoms with Crippen molar-refractivity contribution in [3.63, 3.8) is 0 Å². The highest BCUT2D eigenvalue weighted by Gasteiger charge is 2.16. The predicted molar refractivity (Wildman–Crippen MR) is 147 cm³/mol. The van der Waals surface area contributed by atoms with Gasteiger partial charge in [0.25, 0.3) is 0 Å². The molecule has 0 spiro atoms. The van der Waals surface area contributed by atoms with Gasteiger partial charge in [0, 0.05) is 35.5 Å². The number of pyridine rings is 1. The first kappa shape index (κ1) is 22.2. The second kappa shape index (κ2) is 9.06. The van der Waals surface area contributed by atoms with E-state index in [0.717, 1.165) is 68.8 Å². The molecule has 3 aromatic heterocycles. The molecule has 6 aromatic rings. The molecule has 0 radical (unpaired) electrons. The van der Waals surface area contributed by atoms with Crippen LogP contribution in [0.4, 0.5) is 0 Å². The Morgan fingerprint density at radius 2 is 1.72 bits per heavy atom. The second-order valence-electron chi connectivity index (χ2n) is 9.24. The maximum absolute atomic E-state index is 5.02. The van der Waals surface area contributed by atoms with E-state index >= 15 is 0 Å². The number of H-pyrrole nitrogens is 2. The van der Waals surface area contributed by atoms with Gasteiger partial charge in [-0.25, -0.2) is 4.98 Å². The first-order chi connectivity index (χ1) is 17.6. The van der Waals surface area contributed by atoms with Crippen molar-refractivity contribution in [3.05, 3.63) is 89.7 Å². The predicted octanol–water partition coefficient (Wildman–Crippen LogP) is 6.56. The fourth-order valence-corrected chi connectivity index (χ4v) is 4.85. The maximum Gasteiger partial charge on any atom is 0.159 e. The molecular formula is C30H28N6. The Morgan fingerprint density at radius 1 is 0.861 bits per heavy atom. The number of hydrogen-bond donors (Lipinski definition) is 3. The summed E-state index contributed by atoms with van der Waals surface area (Å²) in [4.78, 5) is 13.0. The molecule has 0 fully saturated rings. The average molecular weight is 473 g/mol. The summed E-state index contributed by atoms with van der Waals surface area (Å²) in [5, 5.41) is 12.3. The fourth-order valence-electron chi connectivity index (χ4n) is 4.85. The molecule has 0 aliphatic heterocycles. The van der Waals surface area contributed by atoms with Crippen molar-refractivity contribution in [3.8, 4) is 33.8 Å². The highest BCUT2D eigenvalue weighted by atomic mass is 15.1. The van der Waals surface area contributed by atoms with Crippen LogP contribution < -0.4 is 5.32 Å². The smallest absolute Gasteiger partial charge is 0.159 e. The maximum atomic E-state index is 5.02. The van der Waals surface area contributed by atoms with E-state index in [4.69, 9.17) is 4.98 Å². The third-order valence-electron chi connectivity index (χ3n) is 6.83. The van der Waals surface area contributed by atoms with Gasteiger partial charge >= 0.3 is 0 Å². The lowest BCUT2D eigenvalue weighted by Crippen LogP contribution is -2.13. The summed E-state index contributed by atoms with van der Waals surface area (Å²) >= 11 is 0. The topological polar surface area (TPSA) is 82.3 Å². The van der Waals surface area contributed by atoms with Crippen LogP contribution in [0.2, 0.25) is 0 Å². The highest BCUT2D eigenvalue weighted by Crippen LogP contribution is 2.34. The second-order valence-corrected chi connectivity index (χ2v) is 9.24. The van der Waals surface area contributed by atoms with E-state index in [-0.39, 0.29) is 0 Å². The molecule has 6 heteroatoms. The third-order valence-corrected chi connectivity index (χ3v) is 6.83. The first-order valence-corrected chi connectivity index (χ1v) is 12.3. The Bertz CT molecular complexity index is 1710. The van der Waals surface area contributed by atoms with Gasteiger partial charge in [-0.2, -0.15) is 5.10 Å². The summed E-state index contributed by atoms with van der Waals surface area (Å²) in [6.07, 6.45) is 3.89. The minimum absolute atomic E-state index is 0.754. The molecule has 36 heavy (non-hydrogen) atoms. The number of imidazole rings is 1. The van der Waals surface area contributed by atoms with Gasteiger partial charge in [0.15, 0.2) is 5.82 Å². The van der Waals surface area contributed by atoms with Crippen molar-refractivity contribution < 1.29 is 0 Å². The van der Waals surface area contributed by atoms with Crippen LogP contribution in [0.5, 0.6) is 0 Å². The number of benzene rings is 3. The largest absolute Gasteiger partial charge is 0.337 e. The van der Waals surface area contributed by atoms with Gasteiger partial charge in [-0.05, 0) is 60.8 Å². The molecule has 0 saturated carbocycles. The summed E-state index contributed by atoms with van der Waals surface area (Å²) in [5.41, 5.74) is 11.9. The number of hydrogen-bond acceptors (Lipinski definition) is 4. The van der Waals surface area contributed by atoms with E-state index in [2.05, 4.69) is 107 Å². The van der Waals surface area contributed by atoms with Crippen LogP contribution in [-0.4, -0.2) is 31.7 Å². The molecule has 3 heterocycles. The molecular weight excluding hydrogens is 444 g/mol. The van der Waals surface area contributed by atoms with Gasteiger partial charge < -0.3 is 10.3 Å². The van der Waals surface area contributed by atoms with Crippen molar-refractivity contribution in [1.29, 1.82) is 0 Å². The monoisotopic (exact) mass is 472 g/mol. The molecule has 6 nitrogen and oxygen atoms in total. The molecule has 3 N–H and O–H groups in total. The summed E-state index contributed by atoms with van der Waals surface area (Å²) in [6.45, 7) is 8.13. The van der Waals surface area contributed by atoms with E-state index in [1.54, 1.807) is 0 Å². The van der Waals surface area contributed by atoms with Gasteiger partial charge in [0.1, 0.15) is 5.69 Å². The Morgan fingerprint density at radius 3 is 2.58 bits per heavy atom. The number of rotatable bonds is 6. The van der Waals surface area contributed by atoms with Crippen molar-refractivity contribution in [2.45, 2.75) is 27.3 Å². The molecule has 0 saturated heterocycles. The van der Waals surface area contributed by atoms with E-state index in [9.17, 15) is 0 Å². The van der Waals surface area contributed by atoms with E-state index in [0.29, 0.717) is 0 Å². The normalized spacial score (nSPS) is 11.5. The zero-order valence-corrected chi connectivity index (χ0v) is 20.7. The summed E-state index contributed by atoms with van der Waals surface area (Å²) in [6, 6.07) is 21.2. The van der Waals surface area contributed by atoms with Gasteiger partial charge in [-0.15, -0.1) is 0 Å². The Kier molecular flexibility index (Phi) is 5.58. The first-order valence-electron chi connectivity index (χ1n) is 12.3. The molecule has 0 bridgehead atoms. The Hall–Kier alpha value is -4.29. The number of aryl methyl sites for hydroxylation is 1. The van der Waals surface area contributed by atoms with Crippen LogP contribution in [0, 0.1) is 13.8 Å². The van der Waals surface area contributed by atoms with E-state index < -0.39 is 0 Å². The fraction of sp³-hybridized carbons (Fsp3) is 0.167. The van der Waals surface area contributed by atoms with Crippen LogP contribution >= 0.6 is 0 Å². The summed E-state index contributed by atoms with van der Waals surface area (Å²) in [5.74, 6) is 0.754. The minimum atomic E-state index is 0.754. The zero-order valence-electron chi connectivity index (χ0n) is 20.7. The summed E-state index contributed by atoms with van der Waals surface area (Å²) < 4.78 is 0. The van der Waals surface area contributed by atoms with Gasteiger partial charge in [0.2, 0.25) is 0 Å². The van der Waals surface area contributed by atoms with Crippen molar-refractivity contribution in [2.24, 2.45) is 0 Å². The molecule has 6 rings (SSSR count). The Labute approximate surface area is 209 Å². The van der Waals surface area contributed by atoms with Crippen LogP contribution in [0.15, 0.2) is 73.1 Å². The average Bonchev–Trinajstić information content (AvgIpc) is 3.51. The molecule has 0 aliphatic rings. The third kappa shape index (κ3) is 3.85. The SMILES string of the molecule is CCNCc1cncc(-c2ccc3[nH]nc(-c4nc5c(-c6cccc(C)c6)cccc5[nH]4)c3c2)c1C. The van der Waals surface area contributed by atoms with Crippen molar-refractivity contribution >= 4 is 21.9 Å². The minimum Gasteiger partial charge on any atom is -0.337 e. The number of para-hydroxylation sites is 1. The van der Waals surface area contributed by atoms with Gasteiger partial charge in [-0.1, -0.05) is 55.0 Å². The van der Waals surface area contributed by atoms with E-state index in [1.165, 1.54) is 16.7 Å². The van der Waals surface area contributed by atoms with Gasteiger partial charge in [0.05, 0.1) is 16.6 Å². The quantitative estimate of drug-likeness (QED) is 0.256. The van der Waals surface area contributed by atoms with Crippen LogP contribution in [0.1, 0.15) is 23.6 Å². The lowest BCUT2D eigenvalue weighted by molar-refractivity contribution is 0.721. The van der Waals surface area contributed by atoms with Crippen molar-refractivity contribution in [1.82, 2.24) is 30.5 Å². The molecule has 0 amide bonds. The number of aromatic nitrogens is 5. The standard InChI is InChI=1S/C30H28N6/c1-4-31-15-22-16-32-17-25(19(22)3)21-11-12-26-24(14-21)29(36-35-26)30-33-27-10-6-9-23(28(27)34-30)20-8-5-7-18(2)13-20/h5-14,16-17,31H,4,15H2,1-3H3,(H,33,34)(H,35,36). The number of fused-ring (bicyclic) bond motifs is 2.